The molecule has 0 saturated heterocycles. The maximum Gasteiger partial charge on any atom is 0.209 e. The number of aromatic nitrogens is 1. The molecule has 0 radical (unpaired) electrons. The van der Waals surface area contributed by atoms with Crippen molar-refractivity contribution in [1.29, 1.82) is 0 Å². The van der Waals surface area contributed by atoms with Gasteiger partial charge < -0.3 is 0 Å². The first kappa shape index (κ1) is 13.7. The van der Waals surface area contributed by atoms with E-state index in [0.29, 0.717) is 0 Å². The molecule has 0 bridgehead atoms. The lowest BCUT2D eigenvalue weighted by Crippen LogP contribution is -2.27. The summed E-state index contributed by atoms with van der Waals surface area (Å²) < 4.78 is 4.37. The summed E-state index contributed by atoms with van der Waals surface area (Å²) in [6.07, 6.45) is 8.62. The molecule has 1 aliphatic rings. The van der Waals surface area contributed by atoms with Gasteiger partial charge in [-0.25, -0.2) is 4.57 Å². The van der Waals surface area contributed by atoms with Crippen molar-refractivity contribution in [3.63, 3.8) is 0 Å². The zero-order valence-corrected chi connectivity index (χ0v) is 13.2. The molecule has 0 spiro atoms. The molecule has 1 aromatic heterocycles. The van der Waals surface area contributed by atoms with Gasteiger partial charge in [0.05, 0.1) is 5.41 Å². The zero-order valence-electron chi connectivity index (χ0n) is 13.2. The van der Waals surface area contributed by atoms with E-state index < -0.39 is 0 Å². The minimum Gasteiger partial charge on any atom is -0.207 e. The predicted molar refractivity (Wildman–Crippen MR) is 87.0 cm³/mol. The highest BCUT2D eigenvalue weighted by Crippen LogP contribution is 2.39. The fraction of sp³-hybridized carbons (Fsp3) is 0.263. The van der Waals surface area contributed by atoms with Gasteiger partial charge in [-0.15, -0.1) is 0 Å². The largest absolute Gasteiger partial charge is 0.209 e. The number of pyridine rings is 1. The highest BCUT2D eigenvalue weighted by Gasteiger charge is 2.42. The van der Waals surface area contributed by atoms with E-state index in [1.165, 1.54) is 22.5 Å². The van der Waals surface area contributed by atoms with Crippen LogP contribution in [0.15, 0.2) is 54.9 Å². The van der Waals surface area contributed by atoms with Gasteiger partial charge >= 0.3 is 0 Å². The summed E-state index contributed by atoms with van der Waals surface area (Å²) in [6, 6.07) is 12.9. The third-order valence-electron chi connectivity index (χ3n) is 4.34. The molecule has 0 aliphatic carbocycles. The van der Waals surface area contributed by atoms with Crippen molar-refractivity contribution in [3.8, 4) is 0 Å². The second-order valence-corrected chi connectivity index (χ2v) is 6.22. The Labute approximate surface area is 126 Å². The van der Waals surface area contributed by atoms with Crippen molar-refractivity contribution >= 4 is 17.5 Å². The average molecular weight is 278 g/mol. The van der Waals surface area contributed by atoms with Crippen molar-refractivity contribution in [1.82, 2.24) is 0 Å². The topological polar surface area (TPSA) is 6.89 Å². The molecule has 0 unspecified atom stereocenters. The van der Waals surface area contributed by atoms with Crippen molar-refractivity contribution in [2.24, 2.45) is 7.05 Å². The molecule has 1 aliphatic heterocycles. The number of aryl methyl sites for hydroxylation is 1. The lowest BCUT2D eigenvalue weighted by atomic mass is 9.81. The minimum absolute atomic E-state index is 0.0405. The molecule has 0 saturated carbocycles. The molecule has 21 heavy (non-hydrogen) atoms. The quantitative estimate of drug-likeness (QED) is 0.745. The lowest BCUT2D eigenvalue weighted by Gasteiger charge is -2.15. The van der Waals surface area contributed by atoms with Gasteiger partial charge in [-0.2, -0.15) is 4.58 Å². The van der Waals surface area contributed by atoms with Crippen molar-refractivity contribution in [3.05, 3.63) is 66.0 Å². The number of nitrogens with zero attached hydrogens (tertiary/aromatic N) is 2. The van der Waals surface area contributed by atoms with Gasteiger partial charge in [0.2, 0.25) is 5.69 Å². The van der Waals surface area contributed by atoms with Crippen LogP contribution >= 0.6 is 0 Å². The number of hydrogen-bond acceptors (Lipinski definition) is 0. The van der Waals surface area contributed by atoms with Gasteiger partial charge in [0, 0.05) is 29.3 Å². The van der Waals surface area contributed by atoms with Crippen molar-refractivity contribution in [2.75, 3.05) is 7.05 Å². The van der Waals surface area contributed by atoms with Crippen molar-refractivity contribution < 1.29 is 9.14 Å². The average Bonchev–Trinajstić information content (AvgIpc) is 2.65. The van der Waals surface area contributed by atoms with Crippen LogP contribution in [0.2, 0.25) is 0 Å². The molecule has 0 atom stereocenters. The highest BCUT2D eigenvalue weighted by molar-refractivity contribution is 6.05. The summed E-state index contributed by atoms with van der Waals surface area (Å²) in [7, 11) is 4.20. The molecular weight excluding hydrogens is 256 g/mol. The maximum atomic E-state index is 2.30. The first-order valence-electron chi connectivity index (χ1n) is 7.34. The van der Waals surface area contributed by atoms with Gasteiger partial charge in [0.1, 0.15) is 14.1 Å². The Bertz CT molecular complexity index is 752. The Hall–Kier alpha value is -2.22. The monoisotopic (exact) mass is 278 g/mol. The number of para-hydroxylation sites is 1. The van der Waals surface area contributed by atoms with Gasteiger partial charge in [-0.1, -0.05) is 18.2 Å². The molecule has 0 amide bonds. The van der Waals surface area contributed by atoms with Crippen LogP contribution in [0.5, 0.6) is 0 Å². The van der Waals surface area contributed by atoms with Gasteiger partial charge in [-0.05, 0) is 26.0 Å². The second-order valence-electron chi connectivity index (χ2n) is 6.22. The molecule has 2 heteroatoms. The van der Waals surface area contributed by atoms with Crippen LogP contribution in [0.1, 0.15) is 25.0 Å². The SMILES string of the molecule is C[N+]1=C(/C=C/c2ccc[n+](C)c2)C(C)(C)c2ccccc21. The van der Waals surface area contributed by atoms with Gasteiger partial charge in [0.15, 0.2) is 18.1 Å². The number of hydrogen-bond donors (Lipinski definition) is 0. The summed E-state index contributed by atoms with van der Waals surface area (Å²) >= 11 is 0. The highest BCUT2D eigenvalue weighted by atomic mass is 15.0. The predicted octanol–water partition coefficient (Wildman–Crippen LogP) is 3.23. The van der Waals surface area contributed by atoms with E-state index in [9.17, 15) is 0 Å². The van der Waals surface area contributed by atoms with Crippen LogP contribution in [0, 0.1) is 0 Å². The number of fused-ring (bicyclic) bond motifs is 1. The third kappa shape index (κ3) is 2.31. The number of rotatable bonds is 2. The van der Waals surface area contributed by atoms with E-state index in [-0.39, 0.29) is 5.41 Å². The normalized spacial score (nSPS) is 16.6. The Morgan fingerprint density at radius 1 is 0.952 bits per heavy atom. The smallest absolute Gasteiger partial charge is 0.207 e. The number of benzene rings is 1. The zero-order chi connectivity index (χ0) is 15.0. The van der Waals surface area contributed by atoms with E-state index in [0.717, 1.165) is 0 Å². The van der Waals surface area contributed by atoms with Crippen LogP contribution in [-0.4, -0.2) is 17.3 Å². The molecule has 2 heterocycles. The van der Waals surface area contributed by atoms with Gasteiger partial charge in [-0.3, -0.25) is 0 Å². The Morgan fingerprint density at radius 3 is 2.43 bits per heavy atom. The first-order valence-corrected chi connectivity index (χ1v) is 7.34. The minimum atomic E-state index is 0.0405. The molecule has 2 nitrogen and oxygen atoms in total. The van der Waals surface area contributed by atoms with E-state index >= 15 is 0 Å². The third-order valence-corrected chi connectivity index (χ3v) is 4.34. The van der Waals surface area contributed by atoms with E-state index in [2.05, 4.69) is 84.8 Å². The number of allylic oxidation sites excluding steroid dienone is 1. The Morgan fingerprint density at radius 2 is 1.71 bits per heavy atom. The van der Waals surface area contributed by atoms with Crippen LogP contribution in [0.4, 0.5) is 5.69 Å². The van der Waals surface area contributed by atoms with E-state index in [1.807, 2.05) is 13.2 Å². The second kappa shape index (κ2) is 4.96. The lowest BCUT2D eigenvalue weighted by molar-refractivity contribution is -0.671. The standard InChI is InChI=1S/C19H22N2/c1-19(2)16-9-5-6-10-17(16)21(4)18(19)12-11-15-8-7-13-20(3)14-15/h5-14H,1-4H3/q+2/b12-11+. The summed E-state index contributed by atoms with van der Waals surface area (Å²) in [5.41, 5.74) is 5.29. The molecule has 3 rings (SSSR count). The van der Waals surface area contributed by atoms with Crippen LogP contribution in [-0.2, 0) is 12.5 Å². The van der Waals surface area contributed by atoms with E-state index in [1.54, 1.807) is 0 Å². The summed E-state index contributed by atoms with van der Waals surface area (Å²) in [4.78, 5) is 0. The molecule has 1 aromatic carbocycles. The molecule has 106 valence electrons. The summed E-state index contributed by atoms with van der Waals surface area (Å²) in [5, 5.41) is 0. The molecular formula is C19H22N2+2. The Kier molecular flexibility index (Phi) is 3.25. The van der Waals surface area contributed by atoms with E-state index in [4.69, 9.17) is 0 Å². The van der Waals surface area contributed by atoms with Crippen LogP contribution in [0.25, 0.3) is 6.08 Å². The molecule has 2 aromatic rings. The fourth-order valence-electron chi connectivity index (χ4n) is 3.19. The van der Waals surface area contributed by atoms with Crippen molar-refractivity contribution in [2.45, 2.75) is 19.3 Å². The summed E-state index contributed by atoms with van der Waals surface area (Å²) in [6.45, 7) is 4.58. The maximum absolute atomic E-state index is 2.30. The molecule has 0 N–H and O–H groups in total. The van der Waals surface area contributed by atoms with Crippen LogP contribution < -0.4 is 4.57 Å². The summed E-state index contributed by atoms with van der Waals surface area (Å²) in [5.74, 6) is 0. The van der Waals surface area contributed by atoms with Gasteiger partial charge in [0.25, 0.3) is 0 Å². The first-order chi connectivity index (χ1) is 10.00. The fourth-order valence-corrected chi connectivity index (χ4v) is 3.19. The molecule has 0 fully saturated rings. The van der Waals surface area contributed by atoms with Crippen LogP contribution in [0.3, 0.4) is 0 Å². The Balaban J connectivity index is 2.02.